The van der Waals surface area contributed by atoms with Crippen LogP contribution in [0.2, 0.25) is 0 Å². The Morgan fingerprint density at radius 2 is 2.24 bits per heavy atom. The molecular formula is C10H8ClN3O3. The molecule has 0 saturated heterocycles. The molecule has 1 heterocycles. The van der Waals surface area contributed by atoms with E-state index in [1.807, 2.05) is 0 Å². The minimum absolute atomic E-state index is 0.0369. The van der Waals surface area contributed by atoms with Crippen molar-refractivity contribution in [1.82, 2.24) is 15.0 Å². The topological polar surface area (TPSA) is 85.1 Å². The molecule has 2 aromatic rings. The van der Waals surface area contributed by atoms with Crippen LogP contribution in [0.15, 0.2) is 23.0 Å². The highest BCUT2D eigenvalue weighted by Crippen LogP contribution is 2.11. The minimum atomic E-state index is -1.14. The van der Waals surface area contributed by atoms with Gasteiger partial charge in [-0.05, 0) is 12.1 Å². The molecule has 1 N–H and O–H groups in total. The van der Waals surface area contributed by atoms with Crippen LogP contribution in [0.25, 0.3) is 10.9 Å². The predicted octanol–water partition coefficient (Wildman–Crippen LogP) is 0.728. The Morgan fingerprint density at radius 3 is 2.88 bits per heavy atom. The number of hydrogen-bond acceptors (Lipinski definition) is 4. The van der Waals surface area contributed by atoms with Gasteiger partial charge in [0.2, 0.25) is 0 Å². The van der Waals surface area contributed by atoms with E-state index >= 15 is 0 Å². The highest BCUT2D eigenvalue weighted by atomic mass is 35.5. The van der Waals surface area contributed by atoms with E-state index < -0.39 is 11.5 Å². The molecule has 0 aliphatic carbocycles. The molecule has 88 valence electrons. The van der Waals surface area contributed by atoms with Gasteiger partial charge in [-0.15, -0.1) is 16.7 Å². The first-order chi connectivity index (χ1) is 8.15. The van der Waals surface area contributed by atoms with E-state index in [-0.39, 0.29) is 28.9 Å². The summed E-state index contributed by atoms with van der Waals surface area (Å²) in [5.74, 6) is -0.905. The third-order valence-corrected chi connectivity index (χ3v) is 2.45. The van der Waals surface area contributed by atoms with Crippen molar-refractivity contribution in [3.05, 3.63) is 34.1 Å². The molecule has 6 nitrogen and oxygen atoms in total. The Hall–Kier alpha value is -1.95. The lowest BCUT2D eigenvalue weighted by atomic mass is 10.1. The lowest BCUT2D eigenvalue weighted by Gasteiger charge is -2.03. The number of hydrogen-bond donors (Lipinski definition) is 1. The van der Waals surface area contributed by atoms with Crippen LogP contribution in [0.4, 0.5) is 0 Å². The SMILES string of the molecule is O=C(O)c1cccc2c(=O)n(CCCl)nnc12. The molecule has 2 rings (SSSR count). The van der Waals surface area contributed by atoms with Gasteiger partial charge in [0.1, 0.15) is 5.52 Å². The number of benzene rings is 1. The number of alkyl halides is 1. The number of fused-ring (bicyclic) bond motifs is 1. The monoisotopic (exact) mass is 253 g/mol. The Labute approximate surface area is 100 Å². The Bertz CT molecular complexity index is 638. The van der Waals surface area contributed by atoms with Crippen molar-refractivity contribution in [2.45, 2.75) is 6.54 Å². The van der Waals surface area contributed by atoms with Crippen molar-refractivity contribution in [3.63, 3.8) is 0 Å². The average Bonchev–Trinajstić information content (AvgIpc) is 2.32. The largest absolute Gasteiger partial charge is 0.478 e. The molecule has 1 aromatic carbocycles. The summed E-state index contributed by atoms with van der Waals surface area (Å²) in [6.45, 7) is 0.237. The number of nitrogens with zero attached hydrogens (tertiary/aromatic N) is 3. The maximum absolute atomic E-state index is 11.9. The summed E-state index contributed by atoms with van der Waals surface area (Å²) in [6.07, 6.45) is 0. The van der Waals surface area contributed by atoms with Gasteiger partial charge >= 0.3 is 5.97 Å². The minimum Gasteiger partial charge on any atom is -0.478 e. The van der Waals surface area contributed by atoms with Crippen LogP contribution in [0.1, 0.15) is 10.4 Å². The molecule has 0 spiro atoms. The number of halogens is 1. The molecule has 0 fully saturated rings. The summed E-state index contributed by atoms with van der Waals surface area (Å²) in [7, 11) is 0. The molecule has 0 bridgehead atoms. The first-order valence-corrected chi connectivity index (χ1v) is 5.34. The molecule has 0 unspecified atom stereocenters. The van der Waals surface area contributed by atoms with Gasteiger partial charge in [-0.1, -0.05) is 11.3 Å². The maximum atomic E-state index is 11.9. The predicted molar refractivity (Wildman–Crippen MR) is 61.5 cm³/mol. The maximum Gasteiger partial charge on any atom is 0.337 e. The Kier molecular flexibility index (Phi) is 3.06. The first kappa shape index (κ1) is 11.5. The molecule has 17 heavy (non-hydrogen) atoms. The number of carbonyl (C=O) groups is 1. The third-order valence-electron chi connectivity index (χ3n) is 2.28. The summed E-state index contributed by atoms with van der Waals surface area (Å²) in [6, 6.07) is 4.40. The van der Waals surface area contributed by atoms with Crippen LogP contribution in [0, 0.1) is 0 Å². The summed E-state index contributed by atoms with van der Waals surface area (Å²) in [5.41, 5.74) is -0.334. The van der Waals surface area contributed by atoms with Crippen LogP contribution in [0.5, 0.6) is 0 Å². The molecule has 7 heteroatoms. The van der Waals surface area contributed by atoms with Crippen molar-refractivity contribution >= 4 is 28.5 Å². The second kappa shape index (κ2) is 4.50. The summed E-state index contributed by atoms with van der Waals surface area (Å²) in [4.78, 5) is 22.8. The smallest absolute Gasteiger partial charge is 0.337 e. The molecular weight excluding hydrogens is 246 g/mol. The fraction of sp³-hybridized carbons (Fsp3) is 0.200. The van der Waals surface area contributed by atoms with Crippen molar-refractivity contribution in [2.24, 2.45) is 0 Å². The van der Waals surface area contributed by atoms with Crippen molar-refractivity contribution in [2.75, 3.05) is 5.88 Å². The number of carboxylic acid groups (broad SMARTS) is 1. The van der Waals surface area contributed by atoms with Crippen LogP contribution < -0.4 is 5.56 Å². The Balaban J connectivity index is 2.76. The summed E-state index contributed by atoms with van der Waals surface area (Å²) in [5, 5.41) is 16.6. The zero-order valence-corrected chi connectivity index (χ0v) is 9.39. The second-order valence-electron chi connectivity index (χ2n) is 3.31. The van der Waals surface area contributed by atoms with Gasteiger partial charge in [-0.25, -0.2) is 9.48 Å². The molecule has 0 atom stereocenters. The average molecular weight is 254 g/mol. The fourth-order valence-electron chi connectivity index (χ4n) is 1.50. The highest BCUT2D eigenvalue weighted by Gasteiger charge is 2.13. The van der Waals surface area contributed by atoms with E-state index in [2.05, 4.69) is 10.3 Å². The fourth-order valence-corrected chi connectivity index (χ4v) is 1.66. The quantitative estimate of drug-likeness (QED) is 0.815. The van der Waals surface area contributed by atoms with Gasteiger partial charge in [0.05, 0.1) is 17.5 Å². The van der Waals surface area contributed by atoms with Gasteiger partial charge in [0.25, 0.3) is 5.56 Å². The van der Waals surface area contributed by atoms with Crippen LogP contribution in [-0.4, -0.2) is 31.9 Å². The van der Waals surface area contributed by atoms with E-state index in [4.69, 9.17) is 16.7 Å². The van der Waals surface area contributed by atoms with Crippen molar-refractivity contribution < 1.29 is 9.90 Å². The number of carboxylic acids is 1. The van der Waals surface area contributed by atoms with Gasteiger partial charge in [0, 0.05) is 5.88 Å². The Morgan fingerprint density at radius 1 is 1.47 bits per heavy atom. The zero-order valence-electron chi connectivity index (χ0n) is 8.63. The van der Waals surface area contributed by atoms with Crippen LogP contribution in [-0.2, 0) is 6.54 Å². The highest BCUT2D eigenvalue weighted by molar-refractivity contribution is 6.17. The molecule has 0 saturated carbocycles. The van der Waals surface area contributed by atoms with E-state index in [9.17, 15) is 9.59 Å². The van der Waals surface area contributed by atoms with E-state index in [1.165, 1.54) is 18.2 Å². The van der Waals surface area contributed by atoms with E-state index in [0.29, 0.717) is 0 Å². The summed E-state index contributed by atoms with van der Waals surface area (Å²) < 4.78 is 1.11. The molecule has 0 radical (unpaired) electrons. The van der Waals surface area contributed by atoms with Crippen molar-refractivity contribution in [3.8, 4) is 0 Å². The van der Waals surface area contributed by atoms with Crippen LogP contribution in [0.3, 0.4) is 0 Å². The molecule has 0 aliphatic heterocycles. The number of aromatic nitrogens is 3. The van der Waals surface area contributed by atoms with Crippen LogP contribution >= 0.6 is 11.6 Å². The normalized spacial score (nSPS) is 10.6. The number of aryl methyl sites for hydroxylation is 1. The number of aromatic carboxylic acids is 1. The standard InChI is InChI=1S/C10H8ClN3O3/c11-4-5-14-9(15)6-2-1-3-7(10(16)17)8(6)12-13-14/h1-3H,4-5H2,(H,16,17). The number of rotatable bonds is 3. The van der Waals surface area contributed by atoms with E-state index in [1.54, 1.807) is 0 Å². The first-order valence-electron chi connectivity index (χ1n) is 4.81. The van der Waals surface area contributed by atoms with Gasteiger partial charge in [-0.2, -0.15) is 0 Å². The molecule has 0 amide bonds. The molecule has 0 aliphatic rings. The lowest BCUT2D eigenvalue weighted by molar-refractivity contribution is 0.0698. The van der Waals surface area contributed by atoms with Gasteiger partial charge in [0.15, 0.2) is 0 Å². The van der Waals surface area contributed by atoms with E-state index in [0.717, 1.165) is 4.68 Å². The zero-order chi connectivity index (χ0) is 12.4. The van der Waals surface area contributed by atoms with Gasteiger partial charge < -0.3 is 5.11 Å². The molecule has 1 aromatic heterocycles. The van der Waals surface area contributed by atoms with Gasteiger partial charge in [-0.3, -0.25) is 4.79 Å². The third kappa shape index (κ3) is 1.99. The lowest BCUT2D eigenvalue weighted by Crippen LogP contribution is -2.25. The second-order valence-corrected chi connectivity index (χ2v) is 3.69. The summed E-state index contributed by atoms with van der Waals surface area (Å²) >= 11 is 5.52. The van der Waals surface area contributed by atoms with Crippen molar-refractivity contribution in [1.29, 1.82) is 0 Å².